The van der Waals surface area contributed by atoms with E-state index >= 15 is 0 Å². The summed E-state index contributed by atoms with van der Waals surface area (Å²) in [7, 11) is 0. The van der Waals surface area contributed by atoms with Crippen LogP contribution in [0.1, 0.15) is 36.6 Å². The van der Waals surface area contributed by atoms with Gasteiger partial charge in [0.25, 0.3) is 0 Å². The monoisotopic (exact) mass is 439 g/mol. The van der Waals surface area contributed by atoms with Crippen LogP contribution in [0.25, 0.3) is 5.69 Å². The van der Waals surface area contributed by atoms with Gasteiger partial charge in [-0.15, -0.1) is 5.10 Å². The minimum Gasteiger partial charge on any atom is -0.456 e. The molecule has 0 saturated carbocycles. The van der Waals surface area contributed by atoms with Crippen molar-refractivity contribution in [3.63, 3.8) is 0 Å². The molecule has 0 unspecified atom stereocenters. The topological polar surface area (TPSA) is 127 Å². The van der Waals surface area contributed by atoms with Gasteiger partial charge in [0, 0.05) is 19.2 Å². The van der Waals surface area contributed by atoms with Gasteiger partial charge in [-0.25, -0.2) is 4.79 Å². The number of aliphatic hydroxyl groups excluding tert-OH is 1. The highest BCUT2D eigenvalue weighted by Crippen LogP contribution is 2.43. The van der Waals surface area contributed by atoms with E-state index in [4.69, 9.17) is 4.74 Å². The highest BCUT2D eigenvalue weighted by atomic mass is 16.5. The van der Waals surface area contributed by atoms with E-state index in [1.807, 2.05) is 13.0 Å². The number of rotatable bonds is 5. The predicted octanol–water partition coefficient (Wildman–Crippen LogP) is 0.154. The Kier molecular flexibility index (Phi) is 5.22. The second-order valence-electron chi connectivity index (χ2n) is 8.70. The first-order valence-corrected chi connectivity index (χ1v) is 10.7. The number of aryl methyl sites for hydroxylation is 1. The predicted molar refractivity (Wildman–Crippen MR) is 110 cm³/mol. The number of piperidine rings is 1. The zero-order valence-electron chi connectivity index (χ0n) is 17.8. The van der Waals surface area contributed by atoms with Crippen molar-refractivity contribution >= 4 is 11.9 Å². The van der Waals surface area contributed by atoms with E-state index < -0.39 is 6.10 Å². The fourth-order valence-corrected chi connectivity index (χ4v) is 4.90. The number of esters is 1. The molecule has 3 aliphatic heterocycles. The minimum atomic E-state index is -0.727. The molecule has 1 N–H and O–H groups in total. The number of nitrogens with zero attached hydrogens (tertiary/aromatic N) is 7. The Labute approximate surface area is 184 Å². The standard InChI is InChI=1S/C21H25N7O4/c1-14-8-15(28-13-23-24-25-28)10-22-19(14)17(29)11-26-5-2-21(3-6-26)4-7-27(20(21)31)16-9-18(30)32-12-16/h8-10,13,17,29H,2-7,11-12H2,1H3/t17-/m0/s1. The number of hydrogen-bond acceptors (Lipinski definition) is 9. The molecule has 11 heteroatoms. The lowest BCUT2D eigenvalue weighted by Crippen LogP contribution is -2.45. The van der Waals surface area contributed by atoms with Crippen molar-refractivity contribution in [3.05, 3.63) is 41.6 Å². The van der Waals surface area contributed by atoms with Crippen LogP contribution in [0.2, 0.25) is 0 Å². The van der Waals surface area contributed by atoms with Gasteiger partial charge in [-0.05, 0) is 61.3 Å². The van der Waals surface area contributed by atoms with E-state index in [2.05, 4.69) is 25.4 Å². The maximum atomic E-state index is 13.1. The zero-order valence-corrected chi connectivity index (χ0v) is 17.8. The second kappa shape index (κ2) is 8.06. The molecule has 2 fully saturated rings. The molecule has 1 spiro atoms. The highest BCUT2D eigenvalue weighted by Gasteiger charge is 2.49. The number of ether oxygens (including phenoxy) is 1. The van der Waals surface area contributed by atoms with Crippen LogP contribution < -0.4 is 0 Å². The van der Waals surface area contributed by atoms with E-state index in [1.165, 1.54) is 17.1 Å². The molecule has 0 bridgehead atoms. The molecule has 11 nitrogen and oxygen atoms in total. The number of hydrogen-bond donors (Lipinski definition) is 1. The number of carbonyl (C=O) groups excluding carboxylic acids is 2. The summed E-state index contributed by atoms with van der Waals surface area (Å²) in [5, 5.41) is 21.9. The first-order chi connectivity index (χ1) is 15.4. The minimum absolute atomic E-state index is 0.0953. The van der Waals surface area contributed by atoms with Crippen molar-refractivity contribution < 1.29 is 19.4 Å². The molecule has 2 aromatic heterocycles. The van der Waals surface area contributed by atoms with Crippen molar-refractivity contribution in [1.29, 1.82) is 0 Å². The zero-order chi connectivity index (χ0) is 22.3. The smallest absolute Gasteiger partial charge is 0.333 e. The van der Waals surface area contributed by atoms with Gasteiger partial charge < -0.3 is 19.6 Å². The molecule has 32 heavy (non-hydrogen) atoms. The summed E-state index contributed by atoms with van der Waals surface area (Å²) >= 11 is 0. The Morgan fingerprint density at radius 2 is 2.00 bits per heavy atom. The Morgan fingerprint density at radius 3 is 2.66 bits per heavy atom. The van der Waals surface area contributed by atoms with Crippen molar-refractivity contribution in [1.82, 2.24) is 35.0 Å². The Balaban J connectivity index is 1.20. The van der Waals surface area contributed by atoms with E-state index in [9.17, 15) is 14.7 Å². The van der Waals surface area contributed by atoms with Gasteiger partial charge in [0.15, 0.2) is 0 Å². The fourth-order valence-electron chi connectivity index (χ4n) is 4.90. The Bertz CT molecular complexity index is 1060. The van der Waals surface area contributed by atoms with Crippen molar-refractivity contribution in [2.75, 3.05) is 32.8 Å². The van der Waals surface area contributed by atoms with Crippen molar-refractivity contribution in [3.8, 4) is 5.69 Å². The van der Waals surface area contributed by atoms with Crippen LogP contribution in [0.15, 0.2) is 30.4 Å². The quantitative estimate of drug-likeness (QED) is 0.648. The normalized spacial score (nSPS) is 21.8. The summed E-state index contributed by atoms with van der Waals surface area (Å²) < 4.78 is 6.48. The number of carbonyl (C=O) groups is 2. The number of cyclic esters (lactones) is 1. The summed E-state index contributed by atoms with van der Waals surface area (Å²) in [5.74, 6) is -0.287. The van der Waals surface area contributed by atoms with Gasteiger partial charge in [-0.3, -0.25) is 9.78 Å². The van der Waals surface area contributed by atoms with Gasteiger partial charge in [-0.1, -0.05) is 0 Å². The van der Waals surface area contributed by atoms with E-state index in [0.29, 0.717) is 24.5 Å². The summed E-state index contributed by atoms with van der Waals surface area (Å²) in [5.41, 5.74) is 2.51. The van der Waals surface area contributed by atoms with Crippen LogP contribution in [0.5, 0.6) is 0 Å². The first kappa shape index (κ1) is 20.7. The first-order valence-electron chi connectivity index (χ1n) is 10.7. The molecule has 0 radical (unpaired) electrons. The lowest BCUT2D eigenvalue weighted by atomic mass is 9.77. The van der Waals surface area contributed by atoms with E-state index in [-0.39, 0.29) is 23.9 Å². The molecule has 5 rings (SSSR count). The molecule has 168 valence electrons. The van der Waals surface area contributed by atoms with Crippen LogP contribution in [0, 0.1) is 12.3 Å². The SMILES string of the molecule is Cc1cc(-n2cnnn2)cnc1[C@@H](O)CN1CCC2(CC1)CCN(C1=CC(=O)OC1)C2=O. The largest absolute Gasteiger partial charge is 0.456 e. The van der Waals surface area contributed by atoms with Gasteiger partial charge >= 0.3 is 5.97 Å². The third kappa shape index (κ3) is 3.67. The van der Waals surface area contributed by atoms with Crippen LogP contribution in [0.4, 0.5) is 0 Å². The maximum Gasteiger partial charge on any atom is 0.333 e. The molecular formula is C21H25N7O4. The van der Waals surface area contributed by atoms with Gasteiger partial charge in [0.1, 0.15) is 19.0 Å². The van der Waals surface area contributed by atoms with Gasteiger partial charge in [0.2, 0.25) is 5.91 Å². The lowest BCUT2D eigenvalue weighted by Gasteiger charge is -2.38. The Morgan fingerprint density at radius 1 is 1.22 bits per heavy atom. The molecule has 1 atom stereocenters. The number of amides is 1. The van der Waals surface area contributed by atoms with Gasteiger partial charge in [0.05, 0.1) is 28.7 Å². The van der Waals surface area contributed by atoms with Crippen LogP contribution in [-0.4, -0.2) is 84.8 Å². The average Bonchev–Trinajstić information content (AvgIpc) is 3.52. The fraction of sp³-hybridized carbons (Fsp3) is 0.524. The number of tetrazole rings is 1. The number of likely N-dealkylation sites (tertiary alicyclic amines) is 2. The second-order valence-corrected chi connectivity index (χ2v) is 8.70. The number of aliphatic hydroxyl groups is 1. The van der Waals surface area contributed by atoms with Crippen LogP contribution in [-0.2, 0) is 14.3 Å². The van der Waals surface area contributed by atoms with E-state index in [0.717, 1.165) is 43.6 Å². The summed E-state index contributed by atoms with van der Waals surface area (Å²) in [6.07, 6.45) is 6.09. The molecule has 0 aromatic carbocycles. The molecule has 2 saturated heterocycles. The molecule has 3 aliphatic rings. The van der Waals surface area contributed by atoms with Gasteiger partial charge in [-0.2, -0.15) is 4.68 Å². The molecule has 2 aromatic rings. The third-order valence-electron chi connectivity index (χ3n) is 6.78. The molecule has 0 aliphatic carbocycles. The van der Waals surface area contributed by atoms with Crippen LogP contribution >= 0.6 is 0 Å². The molecule has 1 amide bonds. The third-order valence-corrected chi connectivity index (χ3v) is 6.78. The molecular weight excluding hydrogens is 414 g/mol. The summed E-state index contributed by atoms with van der Waals surface area (Å²) in [6, 6.07) is 1.89. The Hall–Kier alpha value is -3.18. The number of pyridine rings is 1. The highest BCUT2D eigenvalue weighted by molar-refractivity contribution is 5.90. The average molecular weight is 439 g/mol. The number of β-amino-alcohol motifs (C(OH)–C–C–N with tert-alkyl or cyclic N) is 1. The lowest BCUT2D eigenvalue weighted by molar-refractivity contribution is -0.138. The number of aromatic nitrogens is 5. The van der Waals surface area contributed by atoms with Crippen molar-refractivity contribution in [2.24, 2.45) is 5.41 Å². The molecule has 5 heterocycles. The van der Waals surface area contributed by atoms with Crippen LogP contribution in [0.3, 0.4) is 0 Å². The summed E-state index contributed by atoms with van der Waals surface area (Å²) in [4.78, 5) is 32.8. The maximum absolute atomic E-state index is 13.1. The summed E-state index contributed by atoms with van der Waals surface area (Å²) in [6.45, 7) is 4.63. The van der Waals surface area contributed by atoms with Crippen molar-refractivity contribution in [2.45, 2.75) is 32.3 Å². The van der Waals surface area contributed by atoms with E-state index in [1.54, 1.807) is 11.1 Å².